The highest BCUT2D eigenvalue weighted by Gasteiger charge is 2.48. The number of piperidine rings is 1. The molecule has 9 nitrogen and oxygen atoms in total. The molecule has 4 amide bonds. The second kappa shape index (κ2) is 8.28. The first-order valence-electron chi connectivity index (χ1n) is 9.69. The lowest BCUT2D eigenvalue weighted by Gasteiger charge is -2.31. The molecule has 1 aromatic carbocycles. The van der Waals surface area contributed by atoms with Gasteiger partial charge in [0.15, 0.2) is 0 Å². The van der Waals surface area contributed by atoms with Gasteiger partial charge >= 0.3 is 12.1 Å². The van der Waals surface area contributed by atoms with E-state index in [1.165, 1.54) is 17.0 Å². The average Bonchev–Trinajstić information content (AvgIpc) is 2.89. The molecule has 29 heavy (non-hydrogen) atoms. The van der Waals surface area contributed by atoms with Gasteiger partial charge < -0.3 is 9.64 Å². The van der Waals surface area contributed by atoms with Crippen molar-refractivity contribution in [3.8, 4) is 0 Å². The SMILES string of the molecule is CN(NC(=O)C1CCC2CN1C(=O)N2OCc1ccccc1)C(=O)OC(C)(C)C. The van der Waals surface area contributed by atoms with Crippen molar-refractivity contribution in [3.05, 3.63) is 35.9 Å². The summed E-state index contributed by atoms with van der Waals surface area (Å²) in [5.74, 6) is -0.421. The van der Waals surface area contributed by atoms with Crippen LogP contribution in [0.2, 0.25) is 0 Å². The second-order valence-electron chi connectivity index (χ2n) is 8.28. The van der Waals surface area contributed by atoms with Gasteiger partial charge in [0, 0.05) is 13.6 Å². The van der Waals surface area contributed by atoms with Crippen molar-refractivity contribution in [2.24, 2.45) is 0 Å². The van der Waals surface area contributed by atoms with Gasteiger partial charge in [0.05, 0.1) is 6.04 Å². The number of urea groups is 1. The Hall–Kier alpha value is -2.81. The van der Waals surface area contributed by atoms with Gasteiger partial charge in [0.2, 0.25) is 0 Å². The summed E-state index contributed by atoms with van der Waals surface area (Å²) in [4.78, 5) is 44.7. The van der Waals surface area contributed by atoms with E-state index in [9.17, 15) is 14.4 Å². The molecule has 158 valence electrons. The highest BCUT2D eigenvalue weighted by Crippen LogP contribution is 2.30. The first kappa shape index (κ1) is 20.9. The zero-order chi connectivity index (χ0) is 21.2. The molecule has 2 aliphatic heterocycles. The fraction of sp³-hybridized carbons (Fsp3) is 0.550. The fourth-order valence-corrected chi connectivity index (χ4v) is 3.40. The van der Waals surface area contributed by atoms with E-state index in [-0.39, 0.29) is 18.7 Å². The molecule has 0 aromatic heterocycles. The van der Waals surface area contributed by atoms with Crippen LogP contribution in [0.5, 0.6) is 0 Å². The predicted octanol–water partition coefficient (Wildman–Crippen LogP) is 2.28. The molecule has 9 heteroatoms. The first-order valence-corrected chi connectivity index (χ1v) is 9.69. The molecule has 2 atom stereocenters. The van der Waals surface area contributed by atoms with Gasteiger partial charge in [-0.05, 0) is 39.2 Å². The number of carbonyl (C=O) groups excluding carboxylic acids is 3. The van der Waals surface area contributed by atoms with Crippen LogP contribution in [0.25, 0.3) is 0 Å². The first-order chi connectivity index (χ1) is 13.7. The third-order valence-electron chi connectivity index (χ3n) is 4.78. The predicted molar refractivity (Wildman–Crippen MR) is 104 cm³/mol. The van der Waals surface area contributed by atoms with Crippen LogP contribution in [0.15, 0.2) is 30.3 Å². The molecule has 3 rings (SSSR count). The number of nitrogens with one attached hydrogen (secondary N) is 1. The maximum atomic E-state index is 12.8. The lowest BCUT2D eigenvalue weighted by atomic mass is 10.0. The zero-order valence-electron chi connectivity index (χ0n) is 17.3. The van der Waals surface area contributed by atoms with E-state index >= 15 is 0 Å². The Morgan fingerprint density at radius 2 is 1.90 bits per heavy atom. The van der Waals surface area contributed by atoms with Gasteiger partial charge in [0.1, 0.15) is 18.2 Å². The summed E-state index contributed by atoms with van der Waals surface area (Å²) in [6.45, 7) is 5.94. The largest absolute Gasteiger partial charge is 0.442 e. The van der Waals surface area contributed by atoms with Crippen LogP contribution in [0.4, 0.5) is 9.59 Å². The van der Waals surface area contributed by atoms with Crippen LogP contribution in [-0.2, 0) is 21.0 Å². The number of hydroxylamine groups is 2. The highest BCUT2D eigenvalue weighted by atomic mass is 16.7. The average molecular weight is 404 g/mol. The molecule has 0 saturated carbocycles. The van der Waals surface area contributed by atoms with Gasteiger partial charge in [-0.2, -0.15) is 5.06 Å². The van der Waals surface area contributed by atoms with Gasteiger partial charge in [-0.3, -0.25) is 15.1 Å². The molecular weight excluding hydrogens is 376 g/mol. The fourth-order valence-electron chi connectivity index (χ4n) is 3.40. The molecular formula is C20H28N4O5. The summed E-state index contributed by atoms with van der Waals surface area (Å²) in [5.41, 5.74) is 2.81. The Morgan fingerprint density at radius 1 is 1.21 bits per heavy atom. The smallest absolute Gasteiger partial charge is 0.428 e. The minimum absolute atomic E-state index is 0.0844. The maximum absolute atomic E-state index is 12.8. The van der Waals surface area contributed by atoms with Crippen molar-refractivity contribution < 1.29 is 24.0 Å². The van der Waals surface area contributed by atoms with Crippen LogP contribution in [0.1, 0.15) is 39.2 Å². The van der Waals surface area contributed by atoms with Crippen molar-refractivity contribution >= 4 is 18.0 Å². The van der Waals surface area contributed by atoms with Crippen LogP contribution in [0, 0.1) is 0 Å². The number of hydrogen-bond donors (Lipinski definition) is 1. The highest BCUT2D eigenvalue weighted by molar-refractivity contribution is 5.89. The quantitative estimate of drug-likeness (QED) is 0.778. The molecule has 0 spiro atoms. The number of carbonyl (C=O) groups is 3. The molecule has 0 radical (unpaired) electrons. The van der Waals surface area contributed by atoms with Crippen molar-refractivity contribution in [2.75, 3.05) is 13.6 Å². The number of amides is 4. The maximum Gasteiger partial charge on any atom is 0.428 e. The molecule has 0 aliphatic carbocycles. The van der Waals surface area contributed by atoms with Crippen molar-refractivity contribution in [1.82, 2.24) is 20.4 Å². The monoisotopic (exact) mass is 404 g/mol. The minimum atomic E-state index is -0.671. The molecule has 2 unspecified atom stereocenters. The van der Waals surface area contributed by atoms with E-state index in [0.29, 0.717) is 19.4 Å². The van der Waals surface area contributed by atoms with E-state index in [1.54, 1.807) is 20.8 Å². The number of hydrazine groups is 1. The molecule has 1 N–H and O–H groups in total. The number of rotatable bonds is 4. The lowest BCUT2D eigenvalue weighted by molar-refractivity contribution is -0.140. The van der Waals surface area contributed by atoms with E-state index in [0.717, 1.165) is 10.6 Å². The molecule has 2 fully saturated rings. The Morgan fingerprint density at radius 3 is 2.55 bits per heavy atom. The lowest BCUT2D eigenvalue weighted by Crippen LogP contribution is -2.55. The summed E-state index contributed by atoms with van der Waals surface area (Å²) in [6.07, 6.45) is 0.473. The minimum Gasteiger partial charge on any atom is -0.442 e. The number of nitrogens with zero attached hydrogens (tertiary/aromatic N) is 3. The van der Waals surface area contributed by atoms with Gasteiger partial charge in [-0.15, -0.1) is 0 Å². The summed E-state index contributed by atoms with van der Waals surface area (Å²) in [6, 6.07) is 8.52. The molecule has 2 bridgehead atoms. The molecule has 2 aliphatic rings. The van der Waals surface area contributed by atoms with E-state index in [1.807, 2.05) is 30.3 Å². The van der Waals surface area contributed by atoms with Crippen molar-refractivity contribution in [1.29, 1.82) is 0 Å². The molecule has 1 aromatic rings. The van der Waals surface area contributed by atoms with Crippen molar-refractivity contribution in [2.45, 2.75) is 57.9 Å². The number of fused-ring (bicyclic) bond motifs is 2. The van der Waals surface area contributed by atoms with Crippen LogP contribution in [-0.4, -0.2) is 64.3 Å². The Labute approximate surface area is 170 Å². The normalized spacial score (nSPS) is 21.2. The standard InChI is InChI=1S/C20H28N4O5/c1-20(2,3)29-19(27)22(4)21-17(25)16-11-10-15-12-23(16)18(26)24(15)28-13-14-8-6-5-7-9-14/h5-9,15-16H,10-13H2,1-4H3,(H,21,25). The number of hydrogen-bond acceptors (Lipinski definition) is 5. The Kier molecular flexibility index (Phi) is 5.97. The Balaban J connectivity index is 1.57. The molecule has 2 heterocycles. The van der Waals surface area contributed by atoms with E-state index in [2.05, 4.69) is 5.43 Å². The topological polar surface area (TPSA) is 91.4 Å². The molecule has 2 saturated heterocycles. The van der Waals surface area contributed by atoms with E-state index < -0.39 is 23.6 Å². The zero-order valence-corrected chi connectivity index (χ0v) is 17.3. The van der Waals surface area contributed by atoms with Gasteiger partial charge in [-0.25, -0.2) is 14.6 Å². The number of benzene rings is 1. The van der Waals surface area contributed by atoms with Crippen LogP contribution < -0.4 is 5.43 Å². The second-order valence-corrected chi connectivity index (χ2v) is 8.28. The summed E-state index contributed by atoms with van der Waals surface area (Å²) >= 11 is 0. The van der Waals surface area contributed by atoms with Crippen LogP contribution >= 0.6 is 0 Å². The van der Waals surface area contributed by atoms with Gasteiger partial charge in [-0.1, -0.05) is 30.3 Å². The Bertz CT molecular complexity index is 764. The summed E-state index contributed by atoms with van der Waals surface area (Å²) < 4.78 is 5.22. The van der Waals surface area contributed by atoms with Crippen molar-refractivity contribution in [3.63, 3.8) is 0 Å². The van der Waals surface area contributed by atoms with E-state index in [4.69, 9.17) is 9.57 Å². The van der Waals surface area contributed by atoms with Crippen LogP contribution in [0.3, 0.4) is 0 Å². The summed E-state index contributed by atoms with van der Waals surface area (Å²) in [7, 11) is 1.42. The third kappa shape index (κ3) is 4.97. The number of ether oxygens (including phenoxy) is 1. The third-order valence-corrected chi connectivity index (χ3v) is 4.78. The summed E-state index contributed by atoms with van der Waals surface area (Å²) in [5, 5.41) is 2.38. The van der Waals surface area contributed by atoms with Gasteiger partial charge in [0.25, 0.3) is 5.91 Å².